The first-order valence-electron chi connectivity index (χ1n) is 8.05. The lowest BCUT2D eigenvalue weighted by Crippen LogP contribution is -2.23. The Morgan fingerprint density at radius 3 is 2.54 bits per heavy atom. The van der Waals surface area contributed by atoms with Crippen LogP contribution in [0.5, 0.6) is 11.5 Å². The highest BCUT2D eigenvalue weighted by molar-refractivity contribution is 5.95. The molecule has 134 valence electrons. The van der Waals surface area contributed by atoms with E-state index in [9.17, 15) is 9.59 Å². The Morgan fingerprint density at radius 2 is 1.81 bits per heavy atom. The molecule has 0 bridgehead atoms. The number of fused-ring (bicyclic) bond motifs is 1. The Balaban J connectivity index is 1.84. The van der Waals surface area contributed by atoms with Gasteiger partial charge in [0.2, 0.25) is 0 Å². The van der Waals surface area contributed by atoms with Crippen LogP contribution in [0.25, 0.3) is 11.0 Å². The molecule has 0 fully saturated rings. The Hall–Kier alpha value is -3.28. The van der Waals surface area contributed by atoms with Crippen LogP contribution in [-0.4, -0.2) is 20.1 Å². The van der Waals surface area contributed by atoms with Crippen LogP contribution < -0.4 is 20.4 Å². The average molecular weight is 353 g/mol. The molecule has 0 unspecified atom stereocenters. The number of hydrogen-bond donors (Lipinski definition) is 1. The molecular weight excluding hydrogens is 334 g/mol. The summed E-state index contributed by atoms with van der Waals surface area (Å²) in [6, 6.07) is 11.9. The van der Waals surface area contributed by atoms with Gasteiger partial charge in [-0.2, -0.15) is 0 Å². The molecule has 26 heavy (non-hydrogen) atoms. The van der Waals surface area contributed by atoms with Gasteiger partial charge in [0.15, 0.2) is 11.5 Å². The number of carbonyl (C=O) groups is 1. The van der Waals surface area contributed by atoms with Crippen LogP contribution in [0, 0.1) is 6.92 Å². The molecule has 1 heterocycles. The molecule has 6 nitrogen and oxygen atoms in total. The van der Waals surface area contributed by atoms with Gasteiger partial charge in [0.1, 0.15) is 5.58 Å². The van der Waals surface area contributed by atoms with E-state index in [2.05, 4.69) is 5.32 Å². The molecule has 2 aromatic carbocycles. The van der Waals surface area contributed by atoms with Crippen molar-refractivity contribution in [2.75, 3.05) is 14.2 Å². The number of hydrogen-bond acceptors (Lipinski definition) is 5. The van der Waals surface area contributed by atoms with Crippen LogP contribution in [-0.2, 0) is 6.54 Å². The van der Waals surface area contributed by atoms with Crippen molar-refractivity contribution in [3.63, 3.8) is 0 Å². The minimum Gasteiger partial charge on any atom is -0.493 e. The lowest BCUT2D eigenvalue weighted by Gasteiger charge is -2.11. The number of nitrogens with one attached hydrogen (secondary N) is 1. The Kier molecular flexibility index (Phi) is 4.93. The summed E-state index contributed by atoms with van der Waals surface area (Å²) in [6.45, 7) is 2.13. The first kappa shape index (κ1) is 17.5. The maximum atomic E-state index is 12.5. The Bertz CT molecular complexity index is 1020. The van der Waals surface area contributed by atoms with Crippen molar-refractivity contribution < 1.29 is 18.7 Å². The van der Waals surface area contributed by atoms with Gasteiger partial charge in [0, 0.05) is 23.6 Å². The molecule has 0 radical (unpaired) electrons. The number of methoxy groups -OCH3 is 2. The molecule has 0 aliphatic carbocycles. The minimum absolute atomic E-state index is 0.207. The van der Waals surface area contributed by atoms with Crippen LogP contribution in [0.3, 0.4) is 0 Å². The molecule has 0 atom stereocenters. The fraction of sp³-hybridized carbons (Fsp3) is 0.200. The van der Waals surface area contributed by atoms with Crippen LogP contribution >= 0.6 is 0 Å². The summed E-state index contributed by atoms with van der Waals surface area (Å²) in [5, 5.41) is 3.62. The average Bonchev–Trinajstić information content (AvgIpc) is 2.64. The summed E-state index contributed by atoms with van der Waals surface area (Å²) in [5.74, 6) is 0.743. The van der Waals surface area contributed by atoms with Gasteiger partial charge in [0.25, 0.3) is 5.91 Å². The topological polar surface area (TPSA) is 77.8 Å². The second-order valence-electron chi connectivity index (χ2n) is 5.84. The molecule has 0 saturated carbocycles. The van der Waals surface area contributed by atoms with Crippen molar-refractivity contribution in [1.82, 2.24) is 5.32 Å². The third-order valence-electron chi connectivity index (χ3n) is 4.07. The van der Waals surface area contributed by atoms with E-state index < -0.39 is 5.63 Å². The Labute approximate surface area is 150 Å². The SMILES string of the molecule is COc1ccc(C(=O)NCc2cc(=O)oc3cc(C)ccc23)cc1OC. The summed E-state index contributed by atoms with van der Waals surface area (Å²) < 4.78 is 15.6. The zero-order chi connectivity index (χ0) is 18.7. The zero-order valence-corrected chi connectivity index (χ0v) is 14.8. The zero-order valence-electron chi connectivity index (χ0n) is 14.8. The predicted molar refractivity (Wildman–Crippen MR) is 97.9 cm³/mol. The van der Waals surface area contributed by atoms with Crippen molar-refractivity contribution in [3.05, 3.63) is 69.6 Å². The highest BCUT2D eigenvalue weighted by atomic mass is 16.5. The summed E-state index contributed by atoms with van der Waals surface area (Å²) in [4.78, 5) is 24.2. The van der Waals surface area contributed by atoms with E-state index in [4.69, 9.17) is 13.9 Å². The second-order valence-corrected chi connectivity index (χ2v) is 5.84. The highest BCUT2D eigenvalue weighted by Gasteiger charge is 2.12. The van der Waals surface area contributed by atoms with Gasteiger partial charge < -0.3 is 19.2 Å². The van der Waals surface area contributed by atoms with Crippen LogP contribution in [0.2, 0.25) is 0 Å². The molecule has 0 spiro atoms. The lowest BCUT2D eigenvalue weighted by atomic mass is 10.1. The van der Waals surface area contributed by atoms with Gasteiger partial charge >= 0.3 is 5.63 Å². The van der Waals surface area contributed by atoms with E-state index in [1.54, 1.807) is 24.3 Å². The fourth-order valence-corrected chi connectivity index (χ4v) is 2.74. The van der Waals surface area contributed by atoms with Gasteiger partial charge in [-0.15, -0.1) is 0 Å². The summed E-state index contributed by atoms with van der Waals surface area (Å²) >= 11 is 0. The fourth-order valence-electron chi connectivity index (χ4n) is 2.74. The molecule has 0 aliphatic rings. The number of ether oxygens (including phenoxy) is 2. The summed E-state index contributed by atoms with van der Waals surface area (Å²) in [6.07, 6.45) is 0. The predicted octanol–water partition coefficient (Wildman–Crippen LogP) is 3.05. The molecule has 6 heteroatoms. The smallest absolute Gasteiger partial charge is 0.336 e. The minimum atomic E-state index is -0.446. The molecule has 3 aromatic rings. The molecular formula is C20H19NO5. The first-order valence-corrected chi connectivity index (χ1v) is 8.05. The van der Waals surface area contributed by atoms with E-state index in [-0.39, 0.29) is 12.5 Å². The lowest BCUT2D eigenvalue weighted by molar-refractivity contribution is 0.0950. The van der Waals surface area contributed by atoms with Gasteiger partial charge in [-0.1, -0.05) is 12.1 Å². The van der Waals surface area contributed by atoms with E-state index in [1.807, 2.05) is 19.1 Å². The van der Waals surface area contributed by atoms with E-state index in [0.29, 0.717) is 28.2 Å². The largest absolute Gasteiger partial charge is 0.493 e. The number of rotatable bonds is 5. The molecule has 3 rings (SSSR count). The standard InChI is InChI=1S/C20H19NO5/c1-12-4-6-15-14(10-19(22)26-17(15)8-12)11-21-20(23)13-5-7-16(24-2)18(9-13)25-3/h4-10H,11H2,1-3H3,(H,21,23). The van der Waals surface area contributed by atoms with Crippen LogP contribution in [0.4, 0.5) is 0 Å². The van der Waals surface area contributed by atoms with E-state index in [0.717, 1.165) is 10.9 Å². The van der Waals surface area contributed by atoms with Gasteiger partial charge in [-0.05, 0) is 42.3 Å². The van der Waals surface area contributed by atoms with E-state index in [1.165, 1.54) is 20.3 Å². The Morgan fingerprint density at radius 1 is 1.04 bits per heavy atom. The summed E-state index contributed by atoms with van der Waals surface area (Å²) in [7, 11) is 3.04. The van der Waals surface area contributed by atoms with Gasteiger partial charge in [-0.25, -0.2) is 4.79 Å². The van der Waals surface area contributed by atoms with Crippen LogP contribution in [0.1, 0.15) is 21.5 Å². The highest BCUT2D eigenvalue weighted by Crippen LogP contribution is 2.27. The monoisotopic (exact) mass is 353 g/mol. The van der Waals surface area contributed by atoms with Crippen molar-refractivity contribution in [3.8, 4) is 11.5 Å². The van der Waals surface area contributed by atoms with E-state index >= 15 is 0 Å². The third-order valence-corrected chi connectivity index (χ3v) is 4.07. The molecule has 1 amide bonds. The number of amides is 1. The summed E-state index contributed by atoms with van der Waals surface area (Å²) in [5.41, 5.74) is 2.19. The first-order chi connectivity index (χ1) is 12.5. The molecule has 1 N–H and O–H groups in total. The number of carbonyl (C=O) groups excluding carboxylic acids is 1. The maximum Gasteiger partial charge on any atom is 0.336 e. The van der Waals surface area contributed by atoms with Crippen molar-refractivity contribution >= 4 is 16.9 Å². The third kappa shape index (κ3) is 3.54. The van der Waals surface area contributed by atoms with Gasteiger partial charge in [0.05, 0.1) is 14.2 Å². The molecule has 0 aliphatic heterocycles. The quantitative estimate of drug-likeness (QED) is 0.714. The van der Waals surface area contributed by atoms with Crippen molar-refractivity contribution in [2.24, 2.45) is 0 Å². The van der Waals surface area contributed by atoms with Gasteiger partial charge in [-0.3, -0.25) is 4.79 Å². The molecule has 1 aromatic heterocycles. The van der Waals surface area contributed by atoms with Crippen LogP contribution in [0.15, 0.2) is 51.7 Å². The molecule has 0 saturated heterocycles. The van der Waals surface area contributed by atoms with Crippen molar-refractivity contribution in [2.45, 2.75) is 13.5 Å². The number of benzene rings is 2. The maximum absolute atomic E-state index is 12.5. The number of aryl methyl sites for hydroxylation is 1. The second kappa shape index (κ2) is 7.31. The normalized spacial score (nSPS) is 10.6. The van der Waals surface area contributed by atoms with Crippen molar-refractivity contribution in [1.29, 1.82) is 0 Å².